The van der Waals surface area contributed by atoms with E-state index < -0.39 is 0 Å². The number of aliphatic hydroxyl groups excluding tert-OH is 1. The second-order valence-corrected chi connectivity index (χ2v) is 4.99. The van der Waals surface area contributed by atoms with Crippen molar-refractivity contribution in [1.82, 2.24) is 5.32 Å². The molecule has 0 amide bonds. The summed E-state index contributed by atoms with van der Waals surface area (Å²) in [5.74, 6) is 1.39. The third-order valence-electron chi connectivity index (χ3n) is 3.20. The van der Waals surface area contributed by atoms with Gasteiger partial charge in [0.05, 0.1) is 6.61 Å². The van der Waals surface area contributed by atoms with Gasteiger partial charge in [0.25, 0.3) is 0 Å². The van der Waals surface area contributed by atoms with Gasteiger partial charge in [0.15, 0.2) is 0 Å². The summed E-state index contributed by atoms with van der Waals surface area (Å²) in [5.41, 5.74) is 0. The van der Waals surface area contributed by atoms with E-state index in [9.17, 15) is 5.11 Å². The van der Waals surface area contributed by atoms with Gasteiger partial charge in [-0.15, -0.1) is 0 Å². The lowest BCUT2D eigenvalue weighted by Gasteiger charge is -2.30. The molecule has 1 aliphatic rings. The molecule has 1 saturated carbocycles. The lowest BCUT2D eigenvalue weighted by molar-refractivity contribution is 0.168. The summed E-state index contributed by atoms with van der Waals surface area (Å²) in [5, 5.41) is 12.8. The highest BCUT2D eigenvalue weighted by Crippen LogP contribution is 2.26. The van der Waals surface area contributed by atoms with Gasteiger partial charge >= 0.3 is 0 Å². The molecule has 0 spiro atoms. The maximum absolute atomic E-state index is 9.33. The number of nitrogens with one attached hydrogen (secondary N) is 1. The number of hydrogen-bond donors (Lipinski definition) is 2. The predicted molar refractivity (Wildman–Crippen MR) is 60.3 cm³/mol. The molecule has 0 bridgehead atoms. The Morgan fingerprint density at radius 3 is 2.36 bits per heavy atom. The van der Waals surface area contributed by atoms with Crippen LogP contribution in [0.25, 0.3) is 0 Å². The van der Waals surface area contributed by atoms with E-state index in [2.05, 4.69) is 19.2 Å². The third kappa shape index (κ3) is 3.97. The highest BCUT2D eigenvalue weighted by molar-refractivity contribution is 4.78. The first-order valence-corrected chi connectivity index (χ1v) is 6.08. The maximum atomic E-state index is 9.33. The smallest absolute Gasteiger partial charge is 0.0587 e. The Bertz CT molecular complexity index is 141. The minimum atomic E-state index is 0.303. The Labute approximate surface area is 88.1 Å². The van der Waals surface area contributed by atoms with Crippen molar-refractivity contribution >= 4 is 0 Å². The molecule has 0 aliphatic heterocycles. The highest BCUT2D eigenvalue weighted by atomic mass is 16.3. The summed E-state index contributed by atoms with van der Waals surface area (Å²) in [4.78, 5) is 0. The first-order chi connectivity index (χ1) is 6.74. The Balaban J connectivity index is 2.28. The molecule has 1 atom stereocenters. The van der Waals surface area contributed by atoms with Crippen LogP contribution in [-0.4, -0.2) is 24.3 Å². The number of aliphatic hydroxyl groups is 1. The Morgan fingerprint density at radius 2 is 1.86 bits per heavy atom. The van der Waals surface area contributed by atoms with E-state index in [4.69, 9.17) is 0 Å². The summed E-state index contributed by atoms with van der Waals surface area (Å²) in [6, 6.07) is 0.345. The average Bonchev–Trinajstić information content (AvgIpc) is 2.20. The fraction of sp³-hybridized carbons (Fsp3) is 1.00. The second-order valence-electron chi connectivity index (χ2n) is 4.99. The monoisotopic (exact) mass is 199 g/mol. The Kier molecular flexibility index (Phi) is 5.49. The molecule has 1 fully saturated rings. The van der Waals surface area contributed by atoms with Crippen molar-refractivity contribution in [3.63, 3.8) is 0 Å². The van der Waals surface area contributed by atoms with Gasteiger partial charge in [-0.05, 0) is 31.2 Å². The Morgan fingerprint density at radius 1 is 1.21 bits per heavy atom. The van der Waals surface area contributed by atoms with Gasteiger partial charge in [0.1, 0.15) is 0 Å². The fourth-order valence-electron chi connectivity index (χ4n) is 2.30. The van der Waals surface area contributed by atoms with Crippen LogP contribution in [0.15, 0.2) is 0 Å². The highest BCUT2D eigenvalue weighted by Gasteiger charge is 2.22. The lowest BCUT2D eigenvalue weighted by atomic mass is 9.84. The number of hydrogen-bond acceptors (Lipinski definition) is 2. The molecule has 14 heavy (non-hydrogen) atoms. The lowest BCUT2D eigenvalue weighted by Crippen LogP contribution is -2.41. The van der Waals surface area contributed by atoms with Gasteiger partial charge < -0.3 is 10.4 Å². The SMILES string of the molecule is CC(C)CNC(CO)C1CCCCC1. The van der Waals surface area contributed by atoms with Gasteiger partial charge in [-0.2, -0.15) is 0 Å². The molecule has 2 N–H and O–H groups in total. The summed E-state index contributed by atoms with van der Waals surface area (Å²) in [7, 11) is 0. The topological polar surface area (TPSA) is 32.3 Å². The molecule has 0 saturated heterocycles. The van der Waals surface area contributed by atoms with Crippen LogP contribution in [0, 0.1) is 11.8 Å². The Hall–Kier alpha value is -0.0800. The van der Waals surface area contributed by atoms with E-state index in [0.29, 0.717) is 24.5 Å². The summed E-state index contributed by atoms with van der Waals surface area (Å²) in [6.45, 7) is 5.75. The van der Waals surface area contributed by atoms with Crippen LogP contribution in [0.2, 0.25) is 0 Å². The van der Waals surface area contributed by atoms with Gasteiger partial charge in [0.2, 0.25) is 0 Å². The van der Waals surface area contributed by atoms with Crippen molar-refractivity contribution < 1.29 is 5.11 Å². The zero-order chi connectivity index (χ0) is 10.4. The fourth-order valence-corrected chi connectivity index (χ4v) is 2.30. The zero-order valence-corrected chi connectivity index (χ0v) is 9.63. The van der Waals surface area contributed by atoms with Crippen LogP contribution in [0.4, 0.5) is 0 Å². The first-order valence-electron chi connectivity index (χ1n) is 6.08. The van der Waals surface area contributed by atoms with E-state index in [1.54, 1.807) is 0 Å². The molecular weight excluding hydrogens is 174 g/mol. The largest absolute Gasteiger partial charge is 0.395 e. The third-order valence-corrected chi connectivity index (χ3v) is 3.20. The van der Waals surface area contributed by atoms with Crippen molar-refractivity contribution in [3.8, 4) is 0 Å². The molecule has 84 valence electrons. The molecule has 0 aromatic heterocycles. The molecule has 2 heteroatoms. The van der Waals surface area contributed by atoms with Gasteiger partial charge in [0, 0.05) is 6.04 Å². The summed E-state index contributed by atoms with van der Waals surface area (Å²) >= 11 is 0. The van der Waals surface area contributed by atoms with Gasteiger partial charge in [-0.25, -0.2) is 0 Å². The minimum absolute atomic E-state index is 0.303. The van der Waals surface area contributed by atoms with E-state index in [1.807, 2.05) is 0 Å². The second kappa shape index (κ2) is 6.41. The normalized spacial score (nSPS) is 21.4. The molecule has 1 aliphatic carbocycles. The van der Waals surface area contributed by atoms with E-state index in [0.717, 1.165) is 6.54 Å². The first kappa shape index (κ1) is 12.0. The van der Waals surface area contributed by atoms with Crippen molar-refractivity contribution in [2.24, 2.45) is 11.8 Å². The molecule has 0 radical (unpaired) electrons. The van der Waals surface area contributed by atoms with Crippen LogP contribution in [0.3, 0.4) is 0 Å². The molecule has 1 unspecified atom stereocenters. The summed E-state index contributed by atoms with van der Waals surface area (Å²) < 4.78 is 0. The van der Waals surface area contributed by atoms with E-state index in [1.165, 1.54) is 32.1 Å². The molecule has 2 nitrogen and oxygen atoms in total. The van der Waals surface area contributed by atoms with Gasteiger partial charge in [-0.3, -0.25) is 0 Å². The average molecular weight is 199 g/mol. The van der Waals surface area contributed by atoms with Crippen LogP contribution >= 0.6 is 0 Å². The van der Waals surface area contributed by atoms with Crippen molar-refractivity contribution in [3.05, 3.63) is 0 Å². The predicted octanol–water partition coefficient (Wildman–Crippen LogP) is 2.17. The minimum Gasteiger partial charge on any atom is -0.395 e. The molecule has 0 heterocycles. The molecule has 1 rings (SSSR count). The van der Waals surface area contributed by atoms with E-state index >= 15 is 0 Å². The van der Waals surface area contributed by atoms with Crippen LogP contribution < -0.4 is 5.32 Å². The van der Waals surface area contributed by atoms with Crippen LogP contribution in [-0.2, 0) is 0 Å². The van der Waals surface area contributed by atoms with Crippen LogP contribution in [0.1, 0.15) is 46.0 Å². The summed E-state index contributed by atoms with van der Waals surface area (Å²) in [6.07, 6.45) is 6.69. The van der Waals surface area contributed by atoms with Crippen molar-refractivity contribution in [2.45, 2.75) is 52.0 Å². The van der Waals surface area contributed by atoms with E-state index in [-0.39, 0.29) is 0 Å². The standard InChI is InChI=1S/C12H25NO/c1-10(2)8-13-12(9-14)11-6-4-3-5-7-11/h10-14H,3-9H2,1-2H3. The van der Waals surface area contributed by atoms with Crippen molar-refractivity contribution in [1.29, 1.82) is 0 Å². The maximum Gasteiger partial charge on any atom is 0.0587 e. The number of rotatable bonds is 5. The van der Waals surface area contributed by atoms with Crippen LogP contribution in [0.5, 0.6) is 0 Å². The zero-order valence-electron chi connectivity index (χ0n) is 9.63. The van der Waals surface area contributed by atoms with Gasteiger partial charge in [-0.1, -0.05) is 33.1 Å². The van der Waals surface area contributed by atoms with Crippen molar-refractivity contribution in [2.75, 3.05) is 13.2 Å². The molecule has 0 aromatic rings. The quantitative estimate of drug-likeness (QED) is 0.711. The molecular formula is C12H25NO. The molecule has 0 aromatic carbocycles.